The van der Waals surface area contributed by atoms with Gasteiger partial charge >= 0.3 is 0 Å². The Morgan fingerprint density at radius 2 is 1.85 bits per heavy atom. The summed E-state index contributed by atoms with van der Waals surface area (Å²) in [7, 11) is 0. The van der Waals surface area contributed by atoms with Crippen molar-refractivity contribution in [1.29, 1.82) is 0 Å². The van der Waals surface area contributed by atoms with Gasteiger partial charge in [-0.25, -0.2) is 9.37 Å². The zero-order valence-corrected chi connectivity index (χ0v) is 17.3. The molecule has 8 nitrogen and oxygen atoms in total. The molecule has 168 valence electrons. The number of hydrogen-bond donors (Lipinski definition) is 3. The first-order chi connectivity index (χ1) is 16.1. The predicted octanol–water partition coefficient (Wildman–Crippen LogP) is 2.63. The Kier molecular flexibility index (Phi) is 4.75. The molecular weight excluding hydrogens is 429 g/mol. The number of ether oxygens (including phenoxy) is 3. The van der Waals surface area contributed by atoms with E-state index < -0.39 is 18.0 Å². The summed E-state index contributed by atoms with van der Waals surface area (Å²) in [6, 6.07) is 13.6. The van der Waals surface area contributed by atoms with Gasteiger partial charge in [-0.3, -0.25) is 4.79 Å². The van der Waals surface area contributed by atoms with E-state index in [2.05, 4.69) is 15.0 Å². The number of aromatic nitrogens is 3. The van der Waals surface area contributed by atoms with Crippen LogP contribution in [-0.2, 0) is 9.47 Å². The number of rotatable bonds is 4. The number of benzene rings is 1. The van der Waals surface area contributed by atoms with E-state index in [1.165, 1.54) is 6.07 Å². The zero-order chi connectivity index (χ0) is 22.5. The predicted molar refractivity (Wildman–Crippen MR) is 117 cm³/mol. The van der Waals surface area contributed by atoms with Crippen LogP contribution in [0.4, 0.5) is 4.39 Å². The molecule has 2 saturated heterocycles. The third-order valence-electron chi connectivity index (χ3n) is 6.08. The zero-order valence-electron chi connectivity index (χ0n) is 17.3. The van der Waals surface area contributed by atoms with E-state index in [0.29, 0.717) is 34.6 Å². The smallest absolute Gasteiger partial charge is 0.255 e. The highest BCUT2D eigenvalue weighted by molar-refractivity contribution is 5.81. The molecule has 9 heteroatoms. The quantitative estimate of drug-likeness (QED) is 0.442. The van der Waals surface area contributed by atoms with Crippen molar-refractivity contribution in [2.45, 2.75) is 24.4 Å². The largest absolute Gasteiger partial charge is 0.470 e. The highest BCUT2D eigenvalue weighted by atomic mass is 19.1. The van der Waals surface area contributed by atoms with Gasteiger partial charge in [0.15, 0.2) is 17.8 Å². The Labute approximate surface area is 187 Å². The lowest BCUT2D eigenvalue weighted by molar-refractivity contribution is 0.00794. The van der Waals surface area contributed by atoms with E-state index in [4.69, 9.17) is 14.2 Å². The maximum atomic E-state index is 14.9. The van der Waals surface area contributed by atoms with Crippen LogP contribution < -0.4 is 10.3 Å². The lowest BCUT2D eigenvalue weighted by atomic mass is 10.0. The maximum absolute atomic E-state index is 14.9. The average Bonchev–Trinajstić information content (AvgIpc) is 3.50. The van der Waals surface area contributed by atoms with Crippen LogP contribution in [0.3, 0.4) is 0 Å². The van der Waals surface area contributed by atoms with Crippen LogP contribution in [0.1, 0.15) is 0 Å². The Balaban J connectivity index is 1.27. The van der Waals surface area contributed by atoms with Gasteiger partial charge in [0, 0.05) is 29.5 Å². The highest BCUT2D eigenvalue weighted by Crippen LogP contribution is 2.32. The Bertz CT molecular complexity index is 1380. The van der Waals surface area contributed by atoms with Gasteiger partial charge in [0.1, 0.15) is 24.0 Å². The number of halogens is 1. The molecule has 2 aliphatic rings. The molecule has 4 atom stereocenters. The minimum absolute atomic E-state index is 0.188. The van der Waals surface area contributed by atoms with E-state index in [1.54, 1.807) is 48.7 Å². The normalized spacial score (nSPS) is 24.3. The molecule has 0 amide bonds. The van der Waals surface area contributed by atoms with Gasteiger partial charge in [0.05, 0.1) is 24.2 Å². The van der Waals surface area contributed by atoms with Crippen molar-refractivity contribution < 1.29 is 23.7 Å². The summed E-state index contributed by atoms with van der Waals surface area (Å²) in [5.74, 6) is -0.0559. The molecule has 3 aromatic heterocycles. The Morgan fingerprint density at radius 3 is 2.67 bits per heavy atom. The second kappa shape index (κ2) is 7.80. The SMILES string of the molecule is O=c1[nH]cccc1-c1ccc(-c2nc3cc(O[C@@H]4CO[C@H]5[C@@H]4OC[C@H]5O)[nH]c3cc2F)cc1. The van der Waals surface area contributed by atoms with Crippen molar-refractivity contribution in [1.82, 2.24) is 15.0 Å². The second-order valence-electron chi connectivity index (χ2n) is 8.20. The molecule has 5 heterocycles. The van der Waals surface area contributed by atoms with Crippen LogP contribution in [0.25, 0.3) is 33.4 Å². The third kappa shape index (κ3) is 3.50. The van der Waals surface area contributed by atoms with Crippen LogP contribution in [0.2, 0.25) is 0 Å². The summed E-state index contributed by atoms with van der Waals surface area (Å²) in [6.45, 7) is 0.515. The number of aromatic amines is 2. The number of H-pyrrole nitrogens is 2. The van der Waals surface area contributed by atoms with E-state index in [9.17, 15) is 14.3 Å². The first-order valence-electron chi connectivity index (χ1n) is 10.6. The molecule has 6 rings (SSSR count). The van der Waals surface area contributed by atoms with E-state index in [0.717, 1.165) is 5.56 Å². The van der Waals surface area contributed by atoms with Gasteiger partial charge in [-0.15, -0.1) is 0 Å². The highest BCUT2D eigenvalue weighted by Gasteiger charge is 2.48. The lowest BCUT2D eigenvalue weighted by Gasteiger charge is -2.16. The Morgan fingerprint density at radius 1 is 1.06 bits per heavy atom. The molecule has 0 radical (unpaired) electrons. The van der Waals surface area contributed by atoms with Gasteiger partial charge in [0.2, 0.25) is 0 Å². The molecule has 0 unspecified atom stereocenters. The van der Waals surface area contributed by atoms with E-state index in [1.807, 2.05) is 0 Å². The van der Waals surface area contributed by atoms with Gasteiger partial charge in [-0.05, 0) is 17.7 Å². The summed E-state index contributed by atoms with van der Waals surface area (Å²) in [5.41, 5.74) is 2.93. The number of nitrogens with one attached hydrogen (secondary N) is 2. The monoisotopic (exact) mass is 449 g/mol. The van der Waals surface area contributed by atoms with Crippen LogP contribution in [-0.4, -0.2) is 57.7 Å². The molecule has 0 aliphatic carbocycles. The summed E-state index contributed by atoms with van der Waals surface area (Å²) < 4.78 is 32.0. The summed E-state index contributed by atoms with van der Waals surface area (Å²) >= 11 is 0. The molecule has 4 aromatic rings. The van der Waals surface area contributed by atoms with Gasteiger partial charge < -0.3 is 29.3 Å². The van der Waals surface area contributed by atoms with Gasteiger partial charge in [-0.1, -0.05) is 24.3 Å². The van der Waals surface area contributed by atoms with Crippen molar-refractivity contribution in [3.8, 4) is 28.3 Å². The van der Waals surface area contributed by atoms with Crippen LogP contribution in [0.5, 0.6) is 5.88 Å². The first-order valence-corrected chi connectivity index (χ1v) is 10.6. The molecular formula is C24H20FN3O5. The minimum Gasteiger partial charge on any atom is -0.470 e. The minimum atomic E-state index is -0.656. The standard InChI is InChI=1S/C24H20FN3O5/c25-15-8-16-17(9-20(27-16)33-19-11-32-22-18(29)10-31-23(19)22)28-21(15)13-5-3-12(4-6-13)14-2-1-7-26-24(14)30/h1-9,18-19,22-23,27,29H,10-11H2,(H,26,30)/t18-,19-,22-,23-/m1/s1. The number of hydrogen-bond acceptors (Lipinski definition) is 6. The third-order valence-corrected chi connectivity index (χ3v) is 6.08. The molecule has 0 bridgehead atoms. The summed E-state index contributed by atoms with van der Waals surface area (Å²) in [6.07, 6.45) is -0.196. The van der Waals surface area contributed by atoms with Crippen molar-refractivity contribution in [2.24, 2.45) is 0 Å². The number of nitrogens with zero attached hydrogens (tertiary/aromatic N) is 1. The van der Waals surface area contributed by atoms with E-state index >= 15 is 0 Å². The van der Waals surface area contributed by atoms with Crippen molar-refractivity contribution in [3.63, 3.8) is 0 Å². The van der Waals surface area contributed by atoms with Crippen LogP contribution in [0.15, 0.2) is 59.5 Å². The number of aliphatic hydroxyl groups is 1. The summed E-state index contributed by atoms with van der Waals surface area (Å²) in [5, 5.41) is 9.88. The first kappa shape index (κ1) is 20.1. The second-order valence-corrected chi connectivity index (χ2v) is 8.20. The van der Waals surface area contributed by atoms with Crippen molar-refractivity contribution in [2.75, 3.05) is 13.2 Å². The molecule has 1 aromatic carbocycles. The van der Waals surface area contributed by atoms with Crippen LogP contribution in [0, 0.1) is 5.82 Å². The van der Waals surface area contributed by atoms with Gasteiger partial charge in [0.25, 0.3) is 5.56 Å². The average molecular weight is 449 g/mol. The molecule has 2 aliphatic heterocycles. The topological polar surface area (TPSA) is 109 Å². The molecule has 33 heavy (non-hydrogen) atoms. The van der Waals surface area contributed by atoms with Crippen LogP contribution >= 0.6 is 0 Å². The molecule has 3 N–H and O–H groups in total. The van der Waals surface area contributed by atoms with Crippen molar-refractivity contribution >= 4 is 11.0 Å². The fourth-order valence-corrected chi connectivity index (χ4v) is 4.44. The lowest BCUT2D eigenvalue weighted by Crippen LogP contribution is -2.34. The fourth-order valence-electron chi connectivity index (χ4n) is 4.44. The molecule has 0 spiro atoms. The number of fused-ring (bicyclic) bond motifs is 2. The molecule has 2 fully saturated rings. The number of pyridine rings is 2. The molecule has 0 saturated carbocycles. The van der Waals surface area contributed by atoms with Gasteiger partial charge in [-0.2, -0.15) is 0 Å². The fraction of sp³-hybridized carbons (Fsp3) is 0.250. The summed E-state index contributed by atoms with van der Waals surface area (Å²) in [4.78, 5) is 22.2. The van der Waals surface area contributed by atoms with Crippen molar-refractivity contribution in [3.05, 3.63) is 70.9 Å². The number of aliphatic hydroxyl groups excluding tert-OH is 1. The van der Waals surface area contributed by atoms with E-state index in [-0.39, 0.29) is 30.1 Å². The maximum Gasteiger partial charge on any atom is 0.255 e. The Hall–Kier alpha value is -3.53.